The van der Waals surface area contributed by atoms with Gasteiger partial charge in [0.05, 0.1) is 19.3 Å². The van der Waals surface area contributed by atoms with Gasteiger partial charge in [-0.3, -0.25) is 4.68 Å². The Morgan fingerprint density at radius 3 is 2.74 bits per heavy atom. The van der Waals surface area contributed by atoms with E-state index < -0.39 is 0 Å². The van der Waals surface area contributed by atoms with E-state index in [1.807, 2.05) is 35.1 Å². The quantitative estimate of drug-likeness (QED) is 0.767. The lowest BCUT2D eigenvalue weighted by atomic mass is 10.1. The Morgan fingerprint density at radius 1 is 1.33 bits per heavy atom. The molecule has 0 saturated carbocycles. The number of anilines is 1. The van der Waals surface area contributed by atoms with Crippen LogP contribution in [0, 0.1) is 11.3 Å². The first kappa shape index (κ1) is 17.2. The van der Waals surface area contributed by atoms with Crippen molar-refractivity contribution in [1.29, 1.82) is 5.26 Å². The number of aromatic hydroxyl groups is 1. The molecule has 1 saturated heterocycles. The molecule has 2 aromatic carbocycles. The summed E-state index contributed by atoms with van der Waals surface area (Å²) in [5, 5.41) is 25.4. The third kappa shape index (κ3) is 3.06. The zero-order valence-electron chi connectivity index (χ0n) is 15.5. The summed E-state index contributed by atoms with van der Waals surface area (Å²) in [6.07, 6.45) is 4.23. The summed E-state index contributed by atoms with van der Waals surface area (Å²) < 4.78 is 7.03. The molecule has 0 aliphatic carbocycles. The molecule has 1 atom stereocenters. The number of aromatic nitrogens is 2. The van der Waals surface area contributed by atoms with Crippen molar-refractivity contribution in [1.82, 2.24) is 9.78 Å². The summed E-state index contributed by atoms with van der Waals surface area (Å²) in [5.41, 5.74) is 2.82. The van der Waals surface area contributed by atoms with Crippen LogP contribution >= 0.6 is 0 Å². The molecule has 0 amide bonds. The monoisotopic (exact) mass is 362 g/mol. The van der Waals surface area contributed by atoms with Crippen LogP contribution in [0.5, 0.6) is 11.5 Å². The van der Waals surface area contributed by atoms with Crippen molar-refractivity contribution in [2.75, 3.05) is 18.6 Å². The number of rotatable bonds is 4. The van der Waals surface area contributed by atoms with Crippen LogP contribution < -0.4 is 9.64 Å². The lowest BCUT2D eigenvalue weighted by Gasteiger charge is -2.24. The average molecular weight is 362 g/mol. The SMILES string of the molecule is COc1ccc(Cn2cc3c(N4CCC[C@H]4C)cc(O)c(C#N)c3n2)cc1. The molecule has 1 aliphatic rings. The molecule has 6 nitrogen and oxygen atoms in total. The highest BCUT2D eigenvalue weighted by Gasteiger charge is 2.25. The smallest absolute Gasteiger partial charge is 0.137 e. The van der Waals surface area contributed by atoms with Gasteiger partial charge in [-0.1, -0.05) is 12.1 Å². The number of nitrogens with zero attached hydrogens (tertiary/aromatic N) is 4. The van der Waals surface area contributed by atoms with Crippen LogP contribution in [0.15, 0.2) is 36.5 Å². The van der Waals surface area contributed by atoms with Gasteiger partial charge in [-0.05, 0) is 37.5 Å². The number of nitriles is 1. The second-order valence-corrected chi connectivity index (χ2v) is 7.02. The normalized spacial score (nSPS) is 16.6. The molecule has 0 unspecified atom stereocenters. The van der Waals surface area contributed by atoms with Crippen molar-refractivity contribution < 1.29 is 9.84 Å². The summed E-state index contributed by atoms with van der Waals surface area (Å²) in [6, 6.07) is 12.0. The highest BCUT2D eigenvalue weighted by Crippen LogP contribution is 2.38. The van der Waals surface area contributed by atoms with Crippen LogP contribution in [0.4, 0.5) is 5.69 Å². The second kappa shape index (κ2) is 6.84. The van der Waals surface area contributed by atoms with Gasteiger partial charge < -0.3 is 14.7 Å². The summed E-state index contributed by atoms with van der Waals surface area (Å²) in [4.78, 5) is 2.29. The minimum absolute atomic E-state index is 0.00574. The molecule has 1 aliphatic heterocycles. The van der Waals surface area contributed by atoms with Gasteiger partial charge in [-0.25, -0.2) is 0 Å². The summed E-state index contributed by atoms with van der Waals surface area (Å²) in [6.45, 7) is 3.72. The van der Waals surface area contributed by atoms with Crippen LogP contribution in [0.1, 0.15) is 30.9 Å². The van der Waals surface area contributed by atoms with E-state index in [1.165, 1.54) is 0 Å². The Hall–Kier alpha value is -3.20. The van der Waals surface area contributed by atoms with Gasteiger partial charge in [0.1, 0.15) is 28.6 Å². The molecule has 2 heterocycles. The van der Waals surface area contributed by atoms with Gasteiger partial charge >= 0.3 is 0 Å². The van der Waals surface area contributed by atoms with E-state index in [1.54, 1.807) is 13.2 Å². The van der Waals surface area contributed by atoms with E-state index in [4.69, 9.17) is 4.74 Å². The van der Waals surface area contributed by atoms with Crippen molar-refractivity contribution in [3.05, 3.63) is 47.7 Å². The van der Waals surface area contributed by atoms with Gasteiger partial charge in [0.2, 0.25) is 0 Å². The molecule has 0 spiro atoms. The molecule has 27 heavy (non-hydrogen) atoms. The number of phenolic OH excluding ortho intramolecular Hbond substituents is 1. The van der Waals surface area contributed by atoms with Gasteiger partial charge in [0.25, 0.3) is 0 Å². The van der Waals surface area contributed by atoms with E-state index in [2.05, 4.69) is 23.0 Å². The molecule has 0 bridgehead atoms. The van der Waals surface area contributed by atoms with Crippen molar-refractivity contribution in [2.24, 2.45) is 0 Å². The van der Waals surface area contributed by atoms with Crippen molar-refractivity contribution in [3.63, 3.8) is 0 Å². The van der Waals surface area contributed by atoms with E-state index in [0.29, 0.717) is 18.1 Å². The number of methoxy groups -OCH3 is 1. The molecule has 1 N–H and O–H groups in total. The molecule has 0 radical (unpaired) electrons. The number of phenols is 1. The van der Waals surface area contributed by atoms with Gasteiger partial charge in [0.15, 0.2) is 0 Å². The van der Waals surface area contributed by atoms with Crippen LogP contribution in [-0.2, 0) is 6.54 Å². The van der Waals surface area contributed by atoms with E-state index >= 15 is 0 Å². The molecule has 1 aromatic heterocycles. The number of benzene rings is 2. The summed E-state index contributed by atoms with van der Waals surface area (Å²) in [5.74, 6) is 0.806. The number of fused-ring (bicyclic) bond motifs is 1. The molecule has 138 valence electrons. The Bertz CT molecular complexity index is 1020. The van der Waals surface area contributed by atoms with E-state index in [-0.39, 0.29) is 11.3 Å². The van der Waals surface area contributed by atoms with Gasteiger partial charge in [0, 0.05) is 30.2 Å². The Labute approximate surface area is 158 Å². The van der Waals surface area contributed by atoms with Crippen LogP contribution in [-0.4, -0.2) is 34.6 Å². The lowest BCUT2D eigenvalue weighted by molar-refractivity contribution is 0.414. The fourth-order valence-corrected chi connectivity index (χ4v) is 3.83. The Kier molecular flexibility index (Phi) is 4.36. The van der Waals surface area contributed by atoms with Crippen molar-refractivity contribution in [2.45, 2.75) is 32.4 Å². The third-order valence-corrected chi connectivity index (χ3v) is 5.28. The third-order valence-electron chi connectivity index (χ3n) is 5.28. The molecule has 1 fully saturated rings. The highest BCUT2D eigenvalue weighted by atomic mass is 16.5. The van der Waals surface area contributed by atoms with Crippen molar-refractivity contribution >= 4 is 16.6 Å². The van der Waals surface area contributed by atoms with Gasteiger partial charge in [-0.15, -0.1) is 0 Å². The van der Waals surface area contributed by atoms with Crippen LogP contribution in [0.2, 0.25) is 0 Å². The molecular weight excluding hydrogens is 340 g/mol. The maximum Gasteiger partial charge on any atom is 0.137 e. The standard InChI is InChI=1S/C21H22N4O2/c1-14-4-3-9-25(14)19-10-20(26)17(11-22)21-18(19)13-24(23-21)12-15-5-7-16(27-2)8-6-15/h5-8,10,13-14,26H,3-4,9,12H2,1-2H3/t14-/m1/s1. The Morgan fingerprint density at radius 2 is 2.11 bits per heavy atom. The summed E-state index contributed by atoms with van der Waals surface area (Å²) in [7, 11) is 1.64. The van der Waals surface area contributed by atoms with Crippen LogP contribution in [0.25, 0.3) is 10.9 Å². The highest BCUT2D eigenvalue weighted by molar-refractivity contribution is 5.97. The second-order valence-electron chi connectivity index (χ2n) is 7.02. The fourth-order valence-electron chi connectivity index (χ4n) is 3.83. The molecule has 4 rings (SSSR count). The maximum atomic E-state index is 10.4. The minimum Gasteiger partial charge on any atom is -0.506 e. The zero-order valence-corrected chi connectivity index (χ0v) is 15.5. The predicted octanol–water partition coefficient (Wildman–Crippen LogP) is 3.66. The number of hydrogen-bond acceptors (Lipinski definition) is 5. The Balaban J connectivity index is 1.78. The maximum absolute atomic E-state index is 10.4. The largest absolute Gasteiger partial charge is 0.506 e. The zero-order chi connectivity index (χ0) is 19.0. The molecular formula is C21H22N4O2. The predicted molar refractivity (Wildman–Crippen MR) is 104 cm³/mol. The topological polar surface area (TPSA) is 74.3 Å². The first-order valence-corrected chi connectivity index (χ1v) is 9.13. The average Bonchev–Trinajstić information content (AvgIpc) is 3.28. The number of hydrogen-bond donors (Lipinski definition) is 1. The minimum atomic E-state index is -0.00574. The fraction of sp³-hybridized carbons (Fsp3) is 0.333. The lowest BCUT2D eigenvalue weighted by Crippen LogP contribution is -2.26. The number of ether oxygens (including phenoxy) is 1. The first-order valence-electron chi connectivity index (χ1n) is 9.13. The molecule has 6 heteroatoms. The molecule has 3 aromatic rings. The van der Waals surface area contributed by atoms with Gasteiger partial charge in [-0.2, -0.15) is 10.4 Å². The summed E-state index contributed by atoms with van der Waals surface area (Å²) >= 11 is 0. The van der Waals surface area contributed by atoms with Crippen LogP contribution in [0.3, 0.4) is 0 Å². The van der Waals surface area contributed by atoms with E-state index in [0.717, 1.165) is 41.8 Å². The first-order chi connectivity index (χ1) is 13.1. The van der Waals surface area contributed by atoms with E-state index in [9.17, 15) is 10.4 Å². The van der Waals surface area contributed by atoms with Crippen molar-refractivity contribution in [3.8, 4) is 17.6 Å².